The molecule has 2 aromatic rings. The van der Waals surface area contributed by atoms with E-state index >= 15 is 0 Å². The van der Waals surface area contributed by atoms with Gasteiger partial charge in [0.15, 0.2) is 0 Å². The Hall–Kier alpha value is -2.40. The predicted molar refractivity (Wildman–Crippen MR) is 77.0 cm³/mol. The molecule has 0 unspecified atom stereocenters. The van der Waals surface area contributed by atoms with Gasteiger partial charge in [-0.2, -0.15) is 0 Å². The van der Waals surface area contributed by atoms with Crippen molar-refractivity contribution >= 4 is 30.2 Å². The first-order valence-electron chi connectivity index (χ1n) is 5.80. The van der Waals surface area contributed by atoms with E-state index in [2.05, 4.69) is 9.99 Å². The Labute approximate surface area is 120 Å². The number of rotatable bonds is 6. The standard InChI is InChI=1S/C15H11NO3S/c17-11-19-16-10-15(18)12-6-8-14(9-7-12)20-13-4-2-1-3-5-13/h1-11H/b16-10-. The van der Waals surface area contributed by atoms with Gasteiger partial charge >= 0.3 is 6.47 Å². The molecule has 5 heteroatoms. The van der Waals surface area contributed by atoms with E-state index in [0.717, 1.165) is 16.0 Å². The Bertz CT molecular complexity index is 609. The van der Waals surface area contributed by atoms with E-state index in [1.165, 1.54) is 0 Å². The topological polar surface area (TPSA) is 55.7 Å². The van der Waals surface area contributed by atoms with Crippen LogP contribution in [0.25, 0.3) is 0 Å². The first-order valence-corrected chi connectivity index (χ1v) is 6.61. The Morgan fingerprint density at radius 2 is 1.65 bits per heavy atom. The van der Waals surface area contributed by atoms with E-state index in [0.29, 0.717) is 5.56 Å². The number of hydrogen-bond acceptors (Lipinski definition) is 5. The van der Waals surface area contributed by atoms with Crippen LogP contribution in [0.2, 0.25) is 0 Å². The number of carbonyl (C=O) groups is 2. The maximum Gasteiger partial charge on any atom is 0.323 e. The smallest absolute Gasteiger partial charge is 0.322 e. The lowest BCUT2D eigenvalue weighted by Crippen LogP contribution is -2.00. The number of ketones is 1. The summed E-state index contributed by atoms with van der Waals surface area (Å²) in [6.07, 6.45) is 0.966. The second-order valence-electron chi connectivity index (χ2n) is 3.74. The molecule has 0 N–H and O–H groups in total. The zero-order chi connectivity index (χ0) is 14.2. The van der Waals surface area contributed by atoms with Gasteiger partial charge in [0.2, 0.25) is 5.78 Å². The van der Waals surface area contributed by atoms with Crippen molar-refractivity contribution in [2.24, 2.45) is 5.16 Å². The first-order chi connectivity index (χ1) is 9.79. The van der Waals surface area contributed by atoms with Gasteiger partial charge in [0.1, 0.15) is 6.21 Å². The highest BCUT2D eigenvalue weighted by atomic mass is 32.2. The summed E-state index contributed by atoms with van der Waals surface area (Å²) in [7, 11) is 0. The lowest BCUT2D eigenvalue weighted by atomic mass is 10.1. The molecule has 0 saturated heterocycles. The van der Waals surface area contributed by atoms with E-state index < -0.39 is 0 Å². The van der Waals surface area contributed by atoms with Gasteiger partial charge in [0.25, 0.3) is 0 Å². The van der Waals surface area contributed by atoms with Gasteiger partial charge in [-0.3, -0.25) is 9.59 Å². The molecular weight excluding hydrogens is 274 g/mol. The molecule has 0 radical (unpaired) electrons. The molecule has 0 aliphatic rings. The Morgan fingerprint density at radius 3 is 2.30 bits per heavy atom. The SMILES string of the molecule is O=CO/N=C\C(=O)c1ccc(Sc2ccccc2)cc1. The summed E-state index contributed by atoms with van der Waals surface area (Å²) < 4.78 is 0. The van der Waals surface area contributed by atoms with Gasteiger partial charge in [0, 0.05) is 15.4 Å². The van der Waals surface area contributed by atoms with E-state index in [4.69, 9.17) is 0 Å². The third kappa shape index (κ3) is 4.07. The van der Waals surface area contributed by atoms with Crippen molar-refractivity contribution in [3.63, 3.8) is 0 Å². The fourth-order valence-electron chi connectivity index (χ4n) is 1.49. The van der Waals surface area contributed by atoms with Crippen LogP contribution in [-0.4, -0.2) is 18.5 Å². The van der Waals surface area contributed by atoms with Gasteiger partial charge in [-0.05, 0) is 36.4 Å². The van der Waals surface area contributed by atoms with Crippen molar-refractivity contribution in [2.75, 3.05) is 0 Å². The molecule has 0 aromatic heterocycles. The summed E-state index contributed by atoms with van der Waals surface area (Å²) in [4.78, 5) is 27.8. The molecular formula is C15H11NO3S. The molecule has 0 saturated carbocycles. The number of oxime groups is 1. The van der Waals surface area contributed by atoms with Gasteiger partial charge in [-0.25, -0.2) is 0 Å². The molecule has 0 fully saturated rings. The molecule has 2 aromatic carbocycles. The van der Waals surface area contributed by atoms with Crippen LogP contribution >= 0.6 is 11.8 Å². The third-order valence-electron chi connectivity index (χ3n) is 2.39. The normalized spacial score (nSPS) is 10.4. The van der Waals surface area contributed by atoms with E-state index in [-0.39, 0.29) is 12.3 Å². The minimum Gasteiger partial charge on any atom is -0.322 e. The number of carbonyl (C=O) groups excluding carboxylic acids is 2. The van der Waals surface area contributed by atoms with E-state index in [1.54, 1.807) is 23.9 Å². The maximum absolute atomic E-state index is 11.6. The third-order valence-corrected chi connectivity index (χ3v) is 3.41. The fraction of sp³-hybridized carbons (Fsp3) is 0. The summed E-state index contributed by atoms with van der Waals surface area (Å²) >= 11 is 1.61. The minimum atomic E-state index is -0.317. The molecule has 0 spiro atoms. The summed E-state index contributed by atoms with van der Waals surface area (Å²) in [5, 5.41) is 3.21. The van der Waals surface area contributed by atoms with Crippen molar-refractivity contribution < 1.29 is 14.4 Å². The van der Waals surface area contributed by atoms with Crippen molar-refractivity contribution in [2.45, 2.75) is 9.79 Å². The monoisotopic (exact) mass is 285 g/mol. The van der Waals surface area contributed by atoms with Gasteiger partial charge in [-0.15, -0.1) is 0 Å². The highest BCUT2D eigenvalue weighted by molar-refractivity contribution is 7.99. The van der Waals surface area contributed by atoms with Crippen LogP contribution in [0.3, 0.4) is 0 Å². The van der Waals surface area contributed by atoms with Crippen molar-refractivity contribution in [1.82, 2.24) is 0 Å². The molecule has 0 aliphatic carbocycles. The minimum absolute atomic E-state index is 0.156. The second kappa shape index (κ2) is 7.25. The Balaban J connectivity index is 2.03. The van der Waals surface area contributed by atoms with Crippen LogP contribution in [0.5, 0.6) is 0 Å². The first kappa shape index (κ1) is 14.0. The number of hydrogen-bond donors (Lipinski definition) is 0. The molecule has 20 heavy (non-hydrogen) atoms. The summed E-state index contributed by atoms with van der Waals surface area (Å²) in [6.45, 7) is 0.156. The second-order valence-corrected chi connectivity index (χ2v) is 4.89. The molecule has 0 atom stereocenters. The predicted octanol–water partition coefficient (Wildman–Crippen LogP) is 3.18. The molecule has 100 valence electrons. The van der Waals surface area contributed by atoms with Crippen molar-refractivity contribution in [3.05, 3.63) is 60.2 Å². The highest BCUT2D eigenvalue weighted by Crippen LogP contribution is 2.27. The molecule has 0 aliphatic heterocycles. The van der Waals surface area contributed by atoms with Crippen LogP contribution in [0.15, 0.2) is 69.5 Å². The largest absolute Gasteiger partial charge is 0.323 e. The number of Topliss-reactive ketones (excluding diaryl/α,β-unsaturated/α-hetero) is 1. The Morgan fingerprint density at radius 1 is 1.00 bits per heavy atom. The lowest BCUT2D eigenvalue weighted by Gasteiger charge is -2.02. The average molecular weight is 285 g/mol. The number of nitrogens with zero attached hydrogens (tertiary/aromatic N) is 1. The van der Waals surface area contributed by atoms with E-state index in [1.807, 2.05) is 42.5 Å². The highest BCUT2D eigenvalue weighted by Gasteiger charge is 2.03. The molecule has 0 bridgehead atoms. The lowest BCUT2D eigenvalue weighted by molar-refractivity contribution is -0.128. The summed E-state index contributed by atoms with van der Waals surface area (Å²) in [5.41, 5.74) is 0.487. The van der Waals surface area contributed by atoms with Crippen LogP contribution in [0, 0.1) is 0 Å². The molecule has 0 amide bonds. The van der Waals surface area contributed by atoms with E-state index in [9.17, 15) is 9.59 Å². The Kier molecular flexibility index (Phi) is 5.08. The van der Waals surface area contributed by atoms with Crippen LogP contribution in [-0.2, 0) is 9.63 Å². The van der Waals surface area contributed by atoms with Gasteiger partial charge in [-0.1, -0.05) is 35.1 Å². The van der Waals surface area contributed by atoms with Gasteiger partial charge < -0.3 is 4.84 Å². The zero-order valence-corrected chi connectivity index (χ0v) is 11.2. The number of benzene rings is 2. The molecule has 0 heterocycles. The maximum atomic E-state index is 11.6. The van der Waals surface area contributed by atoms with Crippen molar-refractivity contribution in [3.8, 4) is 0 Å². The van der Waals surface area contributed by atoms with Crippen molar-refractivity contribution in [1.29, 1.82) is 0 Å². The zero-order valence-electron chi connectivity index (χ0n) is 10.4. The molecule has 4 nitrogen and oxygen atoms in total. The van der Waals surface area contributed by atoms with Crippen LogP contribution in [0.4, 0.5) is 0 Å². The fourth-order valence-corrected chi connectivity index (χ4v) is 2.33. The van der Waals surface area contributed by atoms with Crippen LogP contribution in [0.1, 0.15) is 10.4 Å². The van der Waals surface area contributed by atoms with Gasteiger partial charge in [0.05, 0.1) is 0 Å². The quantitative estimate of drug-likeness (QED) is 0.269. The molecule has 2 rings (SSSR count). The summed E-state index contributed by atoms with van der Waals surface area (Å²) in [5.74, 6) is -0.317. The summed E-state index contributed by atoms with van der Waals surface area (Å²) in [6, 6.07) is 17.1. The van der Waals surface area contributed by atoms with Crippen LogP contribution < -0.4 is 0 Å². The average Bonchev–Trinajstić information content (AvgIpc) is 2.49.